The summed E-state index contributed by atoms with van der Waals surface area (Å²) in [5.41, 5.74) is 0.664. The maximum absolute atomic E-state index is 13.4. The van der Waals surface area contributed by atoms with E-state index in [0.717, 1.165) is 12.8 Å². The van der Waals surface area contributed by atoms with Crippen LogP contribution in [-0.4, -0.2) is 59.3 Å². The van der Waals surface area contributed by atoms with Crippen molar-refractivity contribution in [3.63, 3.8) is 0 Å². The molecule has 5 rings (SSSR count). The van der Waals surface area contributed by atoms with Crippen LogP contribution in [0.4, 0.5) is 18.9 Å². The maximum atomic E-state index is 13.4. The molecule has 1 saturated carbocycles. The Bertz CT molecular complexity index is 1430. The number of alkyl halides is 3. The van der Waals surface area contributed by atoms with Crippen molar-refractivity contribution in [2.45, 2.75) is 69.2 Å². The zero-order valence-electron chi connectivity index (χ0n) is 20.1. The van der Waals surface area contributed by atoms with Crippen molar-refractivity contribution in [3.8, 4) is 10.7 Å². The number of aromatic nitrogens is 4. The largest absolute Gasteiger partial charge is 0.445 e. The lowest BCUT2D eigenvalue weighted by molar-refractivity contribution is -0.138. The first kappa shape index (κ1) is 25.2. The van der Waals surface area contributed by atoms with Gasteiger partial charge < -0.3 is 10.2 Å². The zero-order valence-corrected chi connectivity index (χ0v) is 21.8. The van der Waals surface area contributed by atoms with Gasteiger partial charge in [0.1, 0.15) is 11.5 Å². The topological polar surface area (TPSA) is 113 Å². The lowest BCUT2D eigenvalue weighted by atomic mass is 10.1. The van der Waals surface area contributed by atoms with Gasteiger partial charge in [-0.2, -0.15) is 13.2 Å². The third-order valence-corrected chi connectivity index (χ3v) is 8.92. The fourth-order valence-electron chi connectivity index (χ4n) is 4.49. The van der Waals surface area contributed by atoms with Crippen molar-refractivity contribution in [1.82, 2.24) is 30.2 Å². The summed E-state index contributed by atoms with van der Waals surface area (Å²) in [6, 6.07) is 3.28. The van der Waals surface area contributed by atoms with Crippen LogP contribution in [0, 0.1) is 6.92 Å². The predicted molar refractivity (Wildman–Crippen MR) is 130 cm³/mol. The van der Waals surface area contributed by atoms with Crippen LogP contribution >= 0.6 is 11.3 Å². The molecule has 2 atom stereocenters. The number of piperazine rings is 1. The second-order valence-electron chi connectivity index (χ2n) is 9.91. The Morgan fingerprint density at radius 2 is 1.81 bits per heavy atom. The number of nitrogens with zero attached hydrogens (tertiary/aromatic N) is 5. The van der Waals surface area contributed by atoms with Crippen molar-refractivity contribution >= 4 is 38.0 Å². The average molecular weight is 542 g/mol. The fraction of sp³-hybridized carbons (Fsp3) is 0.545. The molecular formula is C22H26F3N7O2S2. The van der Waals surface area contributed by atoms with Crippen molar-refractivity contribution in [1.29, 1.82) is 0 Å². The number of fused-ring (bicyclic) bond motifs is 1. The van der Waals surface area contributed by atoms with Gasteiger partial charge in [-0.05, 0) is 52.7 Å². The van der Waals surface area contributed by atoms with E-state index in [1.165, 1.54) is 6.07 Å². The van der Waals surface area contributed by atoms with Crippen LogP contribution in [0.3, 0.4) is 0 Å². The molecule has 0 unspecified atom stereocenters. The van der Waals surface area contributed by atoms with Gasteiger partial charge in [-0.1, -0.05) is 11.3 Å². The van der Waals surface area contributed by atoms with Gasteiger partial charge in [0, 0.05) is 36.1 Å². The highest BCUT2D eigenvalue weighted by Crippen LogP contribution is 2.40. The molecule has 3 heterocycles. The molecule has 1 aromatic carbocycles. The van der Waals surface area contributed by atoms with Gasteiger partial charge in [0.25, 0.3) is 0 Å². The van der Waals surface area contributed by atoms with Gasteiger partial charge in [-0.3, -0.25) is 0 Å². The minimum Gasteiger partial charge on any atom is -0.367 e. The van der Waals surface area contributed by atoms with Crippen LogP contribution in [-0.2, 0) is 16.2 Å². The van der Waals surface area contributed by atoms with Crippen molar-refractivity contribution < 1.29 is 21.6 Å². The zero-order chi connectivity index (χ0) is 26.0. The number of anilines is 1. The highest BCUT2D eigenvalue weighted by atomic mass is 32.2. The molecular weight excluding hydrogens is 515 g/mol. The van der Waals surface area contributed by atoms with Gasteiger partial charge in [0.05, 0.1) is 16.1 Å². The van der Waals surface area contributed by atoms with Crippen molar-refractivity contribution in [3.05, 3.63) is 23.0 Å². The predicted octanol–water partition coefficient (Wildman–Crippen LogP) is 3.49. The SMILES string of the molecule is Cc1nc(-c2nnc(C(F)(F)F)s2)c2cc(S(=O)(=O)NC3(C)CC3)cc(N3C[C@H](C)N[C@@H](C)C3)c2n1. The molecule has 0 bridgehead atoms. The smallest absolute Gasteiger partial charge is 0.367 e. The van der Waals surface area contributed by atoms with E-state index >= 15 is 0 Å². The van der Waals surface area contributed by atoms with Crippen LogP contribution in [0.15, 0.2) is 17.0 Å². The summed E-state index contributed by atoms with van der Waals surface area (Å²) >= 11 is 0.366. The summed E-state index contributed by atoms with van der Waals surface area (Å²) in [6.07, 6.45) is -3.18. The summed E-state index contributed by atoms with van der Waals surface area (Å²) in [5.74, 6) is 0.331. The number of sulfonamides is 1. The Hall–Kier alpha value is -2.42. The van der Waals surface area contributed by atoms with E-state index in [9.17, 15) is 21.6 Å². The number of aryl methyl sites for hydroxylation is 1. The first-order valence-electron chi connectivity index (χ1n) is 11.5. The Kier molecular flexibility index (Phi) is 6.01. The molecule has 3 aromatic rings. The van der Waals surface area contributed by atoms with E-state index in [1.54, 1.807) is 13.0 Å². The monoisotopic (exact) mass is 541 g/mol. The van der Waals surface area contributed by atoms with Gasteiger partial charge in [-0.15, -0.1) is 10.2 Å². The summed E-state index contributed by atoms with van der Waals surface area (Å²) in [4.78, 5) is 11.0. The number of hydrogen-bond donors (Lipinski definition) is 2. The standard InChI is InChI=1S/C22H26F3N7O2S2/c1-11-9-32(10-12(2)26-11)16-8-14(36(33,34)31-21(4)5-6-21)7-15-17(16)27-13(3)28-18(15)19-29-30-20(35-19)22(23,24)25/h7-8,11-12,26,31H,5-6,9-10H2,1-4H3/t11-,12-/m0/s1. The highest BCUT2D eigenvalue weighted by Gasteiger charge is 2.42. The molecule has 0 radical (unpaired) electrons. The average Bonchev–Trinajstić information content (AvgIpc) is 3.26. The van der Waals surface area contributed by atoms with E-state index in [4.69, 9.17) is 0 Å². The quantitative estimate of drug-likeness (QED) is 0.505. The molecule has 2 N–H and O–H groups in total. The normalized spacial score (nSPS) is 22.2. The lowest BCUT2D eigenvalue weighted by Crippen LogP contribution is -2.54. The van der Waals surface area contributed by atoms with E-state index in [2.05, 4.69) is 35.1 Å². The Balaban J connectivity index is 1.74. The fourth-order valence-corrected chi connectivity index (χ4v) is 6.71. The number of halogens is 3. The first-order chi connectivity index (χ1) is 16.7. The first-order valence-corrected chi connectivity index (χ1v) is 13.8. The van der Waals surface area contributed by atoms with Crippen LogP contribution in [0.25, 0.3) is 21.6 Å². The number of rotatable bonds is 5. The van der Waals surface area contributed by atoms with E-state index < -0.39 is 26.7 Å². The molecule has 1 aliphatic carbocycles. The Morgan fingerprint density at radius 1 is 1.14 bits per heavy atom. The molecule has 194 valence electrons. The second kappa shape index (κ2) is 8.57. The summed E-state index contributed by atoms with van der Waals surface area (Å²) in [6.45, 7) is 8.75. The maximum Gasteiger partial charge on any atom is 0.445 e. The van der Waals surface area contributed by atoms with Crippen LogP contribution in [0.2, 0.25) is 0 Å². The minimum atomic E-state index is -4.65. The lowest BCUT2D eigenvalue weighted by Gasteiger charge is -2.38. The Morgan fingerprint density at radius 3 is 2.39 bits per heavy atom. The third kappa shape index (κ3) is 4.91. The van der Waals surface area contributed by atoms with Crippen LogP contribution in [0.1, 0.15) is 44.4 Å². The number of hydrogen-bond acceptors (Lipinski definition) is 9. The third-order valence-electron chi connectivity index (χ3n) is 6.33. The van der Waals surface area contributed by atoms with E-state index in [1.807, 2.05) is 20.8 Å². The minimum absolute atomic E-state index is 0.00577. The molecule has 14 heteroatoms. The van der Waals surface area contributed by atoms with E-state index in [0.29, 0.717) is 46.8 Å². The van der Waals surface area contributed by atoms with Crippen molar-refractivity contribution in [2.24, 2.45) is 0 Å². The summed E-state index contributed by atoms with van der Waals surface area (Å²) in [7, 11) is -3.92. The van der Waals surface area contributed by atoms with Gasteiger partial charge in [0.2, 0.25) is 15.0 Å². The molecule has 1 aliphatic heterocycles. The summed E-state index contributed by atoms with van der Waals surface area (Å²) < 4.78 is 69.3. The Labute approximate surface area is 210 Å². The van der Waals surface area contributed by atoms with Gasteiger partial charge >= 0.3 is 6.18 Å². The molecule has 1 saturated heterocycles. The molecule has 0 spiro atoms. The van der Waals surface area contributed by atoms with Gasteiger partial charge in [0.15, 0.2) is 5.01 Å². The van der Waals surface area contributed by atoms with Crippen molar-refractivity contribution in [2.75, 3.05) is 18.0 Å². The number of benzene rings is 1. The molecule has 2 aliphatic rings. The molecule has 36 heavy (non-hydrogen) atoms. The number of nitrogens with one attached hydrogen (secondary N) is 2. The molecule has 2 aromatic heterocycles. The second-order valence-corrected chi connectivity index (χ2v) is 12.6. The summed E-state index contributed by atoms with van der Waals surface area (Å²) in [5, 5.41) is 9.64. The molecule has 0 amide bonds. The molecule has 9 nitrogen and oxygen atoms in total. The molecule has 2 fully saturated rings. The van der Waals surface area contributed by atoms with Crippen LogP contribution < -0.4 is 14.9 Å². The highest BCUT2D eigenvalue weighted by molar-refractivity contribution is 7.89. The van der Waals surface area contributed by atoms with Crippen LogP contribution in [0.5, 0.6) is 0 Å². The van der Waals surface area contributed by atoms with Gasteiger partial charge in [-0.25, -0.2) is 23.1 Å². The van der Waals surface area contributed by atoms with E-state index in [-0.39, 0.29) is 27.7 Å².